The van der Waals surface area contributed by atoms with Crippen molar-refractivity contribution in [2.45, 2.75) is 39.7 Å². The highest BCUT2D eigenvalue weighted by Gasteiger charge is 2.22. The molecule has 0 rings (SSSR count). The smallest absolute Gasteiger partial charge is 0.328 e. The molecule has 2 unspecified atom stereocenters. The quantitative estimate of drug-likeness (QED) is 0.578. The van der Waals surface area contributed by atoms with Crippen molar-refractivity contribution in [3.8, 4) is 0 Å². The number of carbonyl (C=O) groups is 3. The summed E-state index contributed by atoms with van der Waals surface area (Å²) in [5, 5.41) is 13.8. The molecule has 0 aromatic heterocycles. The summed E-state index contributed by atoms with van der Waals surface area (Å²) in [6.45, 7) is 5.67. The number of urea groups is 1. The number of aliphatic carboxylic acids is 1. The molecule has 0 saturated heterocycles. The molecule has 7 nitrogen and oxygen atoms in total. The van der Waals surface area contributed by atoms with Gasteiger partial charge in [-0.25, -0.2) is 9.59 Å². The van der Waals surface area contributed by atoms with E-state index in [1.165, 1.54) is 7.11 Å². The lowest BCUT2D eigenvalue weighted by Crippen LogP contribution is -2.47. The Morgan fingerprint density at radius 2 is 1.80 bits per heavy atom. The summed E-state index contributed by atoms with van der Waals surface area (Å²) in [4.78, 5) is 33.8. The summed E-state index contributed by atoms with van der Waals surface area (Å²) in [5.74, 6) is -1.69. The summed E-state index contributed by atoms with van der Waals surface area (Å²) in [5.41, 5.74) is 0. The molecule has 0 saturated carbocycles. The highest BCUT2D eigenvalue weighted by Crippen LogP contribution is 2.06. The van der Waals surface area contributed by atoms with E-state index in [0.717, 1.165) is 0 Å². The topological polar surface area (TPSA) is 105 Å². The Hall–Kier alpha value is -1.79. The van der Waals surface area contributed by atoms with E-state index in [-0.39, 0.29) is 12.5 Å². The summed E-state index contributed by atoms with van der Waals surface area (Å²) < 4.78 is 4.63. The first-order valence-electron chi connectivity index (χ1n) is 6.62. The molecule has 0 aliphatic carbocycles. The number of nitrogens with one attached hydrogen (secondary N) is 2. The molecule has 0 aliphatic rings. The van der Waals surface area contributed by atoms with Gasteiger partial charge in [-0.15, -0.1) is 0 Å². The second kappa shape index (κ2) is 9.17. The maximum atomic E-state index is 11.6. The molecular formula is C13H24N2O5. The standard InChI is InChI=1S/C13H24N2O5/c1-8(2)7-10(12(18)20-4)15-13(19)14-6-5-9(3)11(16)17/h8-10H,5-7H2,1-4H3,(H,16,17)(H2,14,15,19). The number of ether oxygens (including phenoxy) is 1. The first-order chi connectivity index (χ1) is 9.27. The van der Waals surface area contributed by atoms with Crippen LogP contribution in [0.5, 0.6) is 0 Å². The van der Waals surface area contributed by atoms with Gasteiger partial charge in [-0.2, -0.15) is 0 Å². The lowest BCUT2D eigenvalue weighted by atomic mass is 10.0. The van der Waals surface area contributed by atoms with E-state index in [1.807, 2.05) is 13.8 Å². The van der Waals surface area contributed by atoms with Crippen molar-refractivity contribution in [1.29, 1.82) is 0 Å². The summed E-state index contributed by atoms with van der Waals surface area (Å²) in [6, 6.07) is -1.20. The van der Waals surface area contributed by atoms with Crippen LogP contribution in [0.4, 0.5) is 4.79 Å². The van der Waals surface area contributed by atoms with Gasteiger partial charge in [-0.05, 0) is 18.8 Å². The first-order valence-corrected chi connectivity index (χ1v) is 6.62. The molecule has 0 radical (unpaired) electrons. The molecule has 0 aromatic rings. The SMILES string of the molecule is COC(=O)C(CC(C)C)NC(=O)NCCC(C)C(=O)O. The van der Waals surface area contributed by atoms with Gasteiger partial charge in [0.15, 0.2) is 0 Å². The van der Waals surface area contributed by atoms with Gasteiger partial charge in [0.1, 0.15) is 6.04 Å². The van der Waals surface area contributed by atoms with E-state index in [9.17, 15) is 14.4 Å². The zero-order valence-corrected chi connectivity index (χ0v) is 12.4. The fourth-order valence-electron chi connectivity index (χ4n) is 1.56. The lowest BCUT2D eigenvalue weighted by Gasteiger charge is -2.18. The first kappa shape index (κ1) is 18.2. The van der Waals surface area contributed by atoms with Crippen molar-refractivity contribution in [3.05, 3.63) is 0 Å². The number of hydrogen-bond donors (Lipinski definition) is 3. The number of carbonyl (C=O) groups excluding carboxylic acids is 2. The predicted octanol–water partition coefficient (Wildman–Crippen LogP) is 0.984. The van der Waals surface area contributed by atoms with Crippen LogP contribution in [0.25, 0.3) is 0 Å². The van der Waals surface area contributed by atoms with Crippen LogP contribution in [0.3, 0.4) is 0 Å². The van der Waals surface area contributed by atoms with Crippen LogP contribution in [0.2, 0.25) is 0 Å². The maximum Gasteiger partial charge on any atom is 0.328 e. The normalized spacial score (nSPS) is 13.4. The van der Waals surface area contributed by atoms with E-state index < -0.39 is 29.9 Å². The van der Waals surface area contributed by atoms with Gasteiger partial charge in [0, 0.05) is 6.54 Å². The van der Waals surface area contributed by atoms with E-state index in [2.05, 4.69) is 15.4 Å². The van der Waals surface area contributed by atoms with E-state index in [4.69, 9.17) is 5.11 Å². The Morgan fingerprint density at radius 1 is 1.20 bits per heavy atom. The van der Waals surface area contributed by atoms with E-state index >= 15 is 0 Å². The molecular weight excluding hydrogens is 264 g/mol. The number of amides is 2. The van der Waals surface area contributed by atoms with E-state index in [1.54, 1.807) is 6.92 Å². The summed E-state index contributed by atoms with van der Waals surface area (Å²) in [6.07, 6.45) is 0.807. The Balaban J connectivity index is 4.19. The fourth-order valence-corrected chi connectivity index (χ4v) is 1.56. The Bertz CT molecular complexity index is 344. The second-order valence-electron chi connectivity index (χ2n) is 5.13. The fraction of sp³-hybridized carbons (Fsp3) is 0.769. The van der Waals surface area contributed by atoms with Gasteiger partial charge in [0.05, 0.1) is 13.0 Å². The number of methoxy groups -OCH3 is 1. The van der Waals surface area contributed by atoms with Gasteiger partial charge in [0.25, 0.3) is 0 Å². The molecule has 0 bridgehead atoms. The molecule has 0 fully saturated rings. The van der Waals surface area contributed by atoms with Crippen molar-refractivity contribution >= 4 is 18.0 Å². The van der Waals surface area contributed by atoms with Crippen LogP contribution >= 0.6 is 0 Å². The molecule has 0 aliphatic heterocycles. The van der Waals surface area contributed by atoms with Crippen molar-refractivity contribution < 1.29 is 24.2 Å². The van der Waals surface area contributed by atoms with Crippen molar-refractivity contribution in [2.75, 3.05) is 13.7 Å². The third-order valence-corrected chi connectivity index (χ3v) is 2.78. The maximum absolute atomic E-state index is 11.6. The number of carboxylic acid groups (broad SMARTS) is 1. The zero-order chi connectivity index (χ0) is 15.7. The monoisotopic (exact) mass is 288 g/mol. The average Bonchev–Trinajstić information content (AvgIpc) is 2.36. The van der Waals surface area contributed by atoms with Gasteiger partial charge in [-0.3, -0.25) is 4.79 Å². The largest absolute Gasteiger partial charge is 0.481 e. The molecule has 7 heteroatoms. The molecule has 0 aromatic carbocycles. The van der Waals surface area contributed by atoms with Crippen LogP contribution in [0.15, 0.2) is 0 Å². The minimum Gasteiger partial charge on any atom is -0.481 e. The average molecular weight is 288 g/mol. The molecule has 2 amide bonds. The molecule has 3 N–H and O–H groups in total. The van der Waals surface area contributed by atoms with Crippen LogP contribution in [-0.2, 0) is 14.3 Å². The minimum atomic E-state index is -0.903. The molecule has 2 atom stereocenters. The van der Waals surface area contributed by atoms with Crippen molar-refractivity contribution in [3.63, 3.8) is 0 Å². The highest BCUT2D eigenvalue weighted by molar-refractivity contribution is 5.83. The number of hydrogen-bond acceptors (Lipinski definition) is 4. The van der Waals surface area contributed by atoms with Crippen LogP contribution in [0.1, 0.15) is 33.6 Å². The van der Waals surface area contributed by atoms with Crippen molar-refractivity contribution in [2.24, 2.45) is 11.8 Å². The molecule has 20 heavy (non-hydrogen) atoms. The molecule has 0 heterocycles. The lowest BCUT2D eigenvalue weighted by molar-refractivity contribution is -0.143. The number of rotatable bonds is 8. The van der Waals surface area contributed by atoms with Crippen LogP contribution < -0.4 is 10.6 Å². The van der Waals surface area contributed by atoms with Gasteiger partial charge < -0.3 is 20.5 Å². The van der Waals surface area contributed by atoms with Crippen LogP contribution in [0, 0.1) is 11.8 Å². The Kier molecular flexibility index (Phi) is 8.35. The third kappa shape index (κ3) is 7.60. The third-order valence-electron chi connectivity index (χ3n) is 2.78. The van der Waals surface area contributed by atoms with Crippen molar-refractivity contribution in [1.82, 2.24) is 10.6 Å². The Labute approximate surface area is 119 Å². The van der Waals surface area contributed by atoms with Gasteiger partial charge in [0.2, 0.25) is 0 Å². The summed E-state index contributed by atoms with van der Waals surface area (Å²) in [7, 11) is 1.27. The van der Waals surface area contributed by atoms with E-state index in [0.29, 0.717) is 12.8 Å². The predicted molar refractivity (Wildman–Crippen MR) is 73.2 cm³/mol. The summed E-state index contributed by atoms with van der Waals surface area (Å²) >= 11 is 0. The number of carboxylic acids is 1. The molecule has 116 valence electrons. The minimum absolute atomic E-state index is 0.228. The van der Waals surface area contributed by atoms with Gasteiger partial charge >= 0.3 is 18.0 Å². The zero-order valence-electron chi connectivity index (χ0n) is 12.4. The second-order valence-corrected chi connectivity index (χ2v) is 5.13. The highest BCUT2D eigenvalue weighted by atomic mass is 16.5. The Morgan fingerprint density at radius 3 is 2.25 bits per heavy atom. The van der Waals surface area contributed by atoms with Crippen LogP contribution in [-0.4, -0.2) is 42.8 Å². The van der Waals surface area contributed by atoms with Gasteiger partial charge in [-0.1, -0.05) is 20.8 Å². The number of esters is 1. The molecule has 0 spiro atoms.